The van der Waals surface area contributed by atoms with Crippen LogP contribution >= 0.6 is 0 Å². The molecule has 0 aromatic heterocycles. The molecule has 4 nitrogen and oxygen atoms in total. The minimum absolute atomic E-state index is 0.0997. The van der Waals surface area contributed by atoms with Crippen molar-refractivity contribution < 1.29 is 14.3 Å². The Bertz CT molecular complexity index is 909. The molecule has 0 saturated carbocycles. The summed E-state index contributed by atoms with van der Waals surface area (Å²) in [5.41, 5.74) is 3.16. The lowest BCUT2D eigenvalue weighted by molar-refractivity contribution is -0.131. The Hall–Kier alpha value is -3.27. The van der Waals surface area contributed by atoms with E-state index in [2.05, 4.69) is 0 Å². The molecular weight excluding hydrogens is 338 g/mol. The molecule has 3 aromatic rings. The summed E-state index contributed by atoms with van der Waals surface area (Å²) in [4.78, 5) is 14.9. The SMILES string of the molecule is O=C(Cc1ccccc1)N(Cc1ccccc1)Cc1ccc2c(c1)OCO2. The highest BCUT2D eigenvalue weighted by molar-refractivity contribution is 5.78. The van der Waals surface area contributed by atoms with E-state index < -0.39 is 0 Å². The first-order valence-corrected chi connectivity index (χ1v) is 9.02. The first-order valence-electron chi connectivity index (χ1n) is 9.02. The van der Waals surface area contributed by atoms with E-state index in [-0.39, 0.29) is 12.7 Å². The summed E-state index contributed by atoms with van der Waals surface area (Å²) < 4.78 is 10.8. The quantitative estimate of drug-likeness (QED) is 0.662. The van der Waals surface area contributed by atoms with Crippen molar-refractivity contribution in [3.05, 3.63) is 95.6 Å². The van der Waals surface area contributed by atoms with Crippen LogP contribution in [0.25, 0.3) is 0 Å². The number of carbonyl (C=O) groups is 1. The first-order chi connectivity index (χ1) is 13.3. The minimum atomic E-state index is 0.0997. The first kappa shape index (κ1) is 17.2. The van der Waals surface area contributed by atoms with Crippen LogP contribution in [-0.4, -0.2) is 17.6 Å². The fraction of sp³-hybridized carbons (Fsp3) is 0.174. The fourth-order valence-electron chi connectivity index (χ4n) is 3.18. The van der Waals surface area contributed by atoms with Gasteiger partial charge in [0.25, 0.3) is 0 Å². The zero-order chi connectivity index (χ0) is 18.5. The maximum atomic E-state index is 13.0. The summed E-state index contributed by atoms with van der Waals surface area (Å²) in [6, 6.07) is 25.8. The molecule has 0 spiro atoms. The third-order valence-electron chi connectivity index (χ3n) is 4.58. The zero-order valence-electron chi connectivity index (χ0n) is 15.0. The molecule has 4 rings (SSSR count). The van der Waals surface area contributed by atoms with Gasteiger partial charge in [0.05, 0.1) is 6.42 Å². The lowest BCUT2D eigenvalue weighted by Gasteiger charge is -2.23. The van der Waals surface area contributed by atoms with Crippen molar-refractivity contribution in [2.24, 2.45) is 0 Å². The summed E-state index contributed by atoms with van der Waals surface area (Å²) >= 11 is 0. The Morgan fingerprint density at radius 3 is 2.11 bits per heavy atom. The van der Waals surface area contributed by atoms with Crippen LogP contribution in [0, 0.1) is 0 Å². The number of benzene rings is 3. The van der Waals surface area contributed by atoms with Crippen LogP contribution in [0.3, 0.4) is 0 Å². The molecule has 0 saturated heterocycles. The molecule has 27 heavy (non-hydrogen) atoms. The van der Waals surface area contributed by atoms with Gasteiger partial charge in [0, 0.05) is 13.1 Å². The van der Waals surface area contributed by atoms with Crippen molar-refractivity contribution in [1.29, 1.82) is 0 Å². The van der Waals surface area contributed by atoms with Gasteiger partial charge in [-0.2, -0.15) is 0 Å². The van der Waals surface area contributed by atoms with Crippen molar-refractivity contribution in [1.82, 2.24) is 4.90 Å². The summed E-state index contributed by atoms with van der Waals surface area (Å²) in [7, 11) is 0. The number of hydrogen-bond acceptors (Lipinski definition) is 3. The van der Waals surface area contributed by atoms with Crippen molar-refractivity contribution >= 4 is 5.91 Å². The molecule has 3 aromatic carbocycles. The third-order valence-corrected chi connectivity index (χ3v) is 4.58. The van der Waals surface area contributed by atoms with Gasteiger partial charge in [0.15, 0.2) is 11.5 Å². The smallest absolute Gasteiger partial charge is 0.231 e. The topological polar surface area (TPSA) is 38.8 Å². The summed E-state index contributed by atoms with van der Waals surface area (Å²) in [6.45, 7) is 1.34. The maximum absolute atomic E-state index is 13.0. The second-order valence-electron chi connectivity index (χ2n) is 6.59. The van der Waals surface area contributed by atoms with Gasteiger partial charge in [-0.15, -0.1) is 0 Å². The normalized spacial score (nSPS) is 12.0. The van der Waals surface area contributed by atoms with Crippen molar-refractivity contribution in [2.45, 2.75) is 19.5 Å². The van der Waals surface area contributed by atoms with Gasteiger partial charge < -0.3 is 14.4 Å². The second kappa shape index (κ2) is 7.96. The Labute approximate surface area is 159 Å². The molecular formula is C23H21NO3. The van der Waals surface area contributed by atoms with Crippen LogP contribution in [0.5, 0.6) is 11.5 Å². The lowest BCUT2D eigenvalue weighted by Crippen LogP contribution is -2.31. The molecule has 0 unspecified atom stereocenters. The van der Waals surface area contributed by atoms with E-state index in [0.717, 1.165) is 28.2 Å². The van der Waals surface area contributed by atoms with Crippen LogP contribution in [0.1, 0.15) is 16.7 Å². The summed E-state index contributed by atoms with van der Waals surface area (Å²) in [5, 5.41) is 0. The Kier molecular flexibility index (Phi) is 5.06. The van der Waals surface area contributed by atoms with E-state index >= 15 is 0 Å². The van der Waals surface area contributed by atoms with E-state index in [4.69, 9.17) is 9.47 Å². The molecule has 4 heteroatoms. The van der Waals surface area contributed by atoms with Crippen LogP contribution in [0.15, 0.2) is 78.9 Å². The van der Waals surface area contributed by atoms with Gasteiger partial charge in [0.1, 0.15) is 0 Å². The van der Waals surface area contributed by atoms with E-state index in [1.165, 1.54) is 0 Å². The number of fused-ring (bicyclic) bond motifs is 1. The average molecular weight is 359 g/mol. The molecule has 1 aliphatic heterocycles. The molecule has 1 heterocycles. The number of amides is 1. The van der Waals surface area contributed by atoms with Crippen LogP contribution < -0.4 is 9.47 Å². The second-order valence-corrected chi connectivity index (χ2v) is 6.59. The number of hydrogen-bond donors (Lipinski definition) is 0. The zero-order valence-corrected chi connectivity index (χ0v) is 15.0. The number of nitrogens with zero attached hydrogens (tertiary/aromatic N) is 1. The molecule has 0 atom stereocenters. The monoisotopic (exact) mass is 359 g/mol. The van der Waals surface area contributed by atoms with E-state index in [9.17, 15) is 4.79 Å². The van der Waals surface area contributed by atoms with E-state index in [1.54, 1.807) is 0 Å². The van der Waals surface area contributed by atoms with Gasteiger partial charge in [-0.1, -0.05) is 66.7 Å². The van der Waals surface area contributed by atoms with Crippen LogP contribution in [0.4, 0.5) is 0 Å². The molecule has 136 valence electrons. The van der Waals surface area contributed by atoms with Gasteiger partial charge in [-0.3, -0.25) is 4.79 Å². The molecule has 0 aliphatic carbocycles. The number of carbonyl (C=O) groups excluding carboxylic acids is 1. The fourth-order valence-corrected chi connectivity index (χ4v) is 3.18. The van der Waals surface area contributed by atoms with Crippen molar-refractivity contribution in [2.75, 3.05) is 6.79 Å². The highest BCUT2D eigenvalue weighted by Crippen LogP contribution is 2.33. The Balaban J connectivity index is 1.54. The predicted molar refractivity (Wildman–Crippen MR) is 103 cm³/mol. The largest absolute Gasteiger partial charge is 0.454 e. The Morgan fingerprint density at radius 1 is 0.741 bits per heavy atom. The average Bonchev–Trinajstić information content (AvgIpc) is 3.17. The maximum Gasteiger partial charge on any atom is 0.231 e. The molecule has 0 N–H and O–H groups in total. The Morgan fingerprint density at radius 2 is 1.37 bits per heavy atom. The van der Waals surface area contributed by atoms with Gasteiger partial charge in [0.2, 0.25) is 12.7 Å². The van der Waals surface area contributed by atoms with E-state index in [0.29, 0.717) is 19.5 Å². The molecule has 1 aliphatic rings. The van der Waals surface area contributed by atoms with Crippen molar-refractivity contribution in [3.8, 4) is 11.5 Å². The highest BCUT2D eigenvalue weighted by Gasteiger charge is 2.18. The molecule has 0 radical (unpaired) electrons. The summed E-state index contributed by atoms with van der Waals surface area (Å²) in [5.74, 6) is 1.59. The van der Waals surface area contributed by atoms with Crippen molar-refractivity contribution in [3.63, 3.8) is 0 Å². The van der Waals surface area contributed by atoms with Crippen LogP contribution in [-0.2, 0) is 24.3 Å². The molecule has 0 bridgehead atoms. The number of ether oxygens (including phenoxy) is 2. The number of rotatable bonds is 6. The standard InChI is InChI=1S/C23H21NO3/c25-23(14-18-7-3-1-4-8-18)24(15-19-9-5-2-6-10-19)16-20-11-12-21-22(13-20)27-17-26-21/h1-13H,14-17H2. The van der Waals surface area contributed by atoms with Gasteiger partial charge in [-0.05, 0) is 28.8 Å². The van der Waals surface area contributed by atoms with Gasteiger partial charge >= 0.3 is 0 Å². The molecule has 1 amide bonds. The van der Waals surface area contributed by atoms with E-state index in [1.807, 2.05) is 83.8 Å². The predicted octanol–water partition coefficient (Wildman–Crippen LogP) is 4.19. The lowest BCUT2D eigenvalue weighted by atomic mass is 10.1. The minimum Gasteiger partial charge on any atom is -0.454 e. The molecule has 0 fully saturated rings. The van der Waals surface area contributed by atoms with Gasteiger partial charge in [-0.25, -0.2) is 0 Å². The summed E-state index contributed by atoms with van der Waals surface area (Å²) in [6.07, 6.45) is 0.387. The van der Waals surface area contributed by atoms with Crippen LogP contribution in [0.2, 0.25) is 0 Å². The third kappa shape index (κ3) is 4.29. The highest BCUT2D eigenvalue weighted by atomic mass is 16.7.